The van der Waals surface area contributed by atoms with E-state index in [0.717, 1.165) is 61.8 Å². The second-order valence-corrected chi connectivity index (χ2v) is 9.72. The smallest absolute Gasteiger partial charge is 0.246 e. The summed E-state index contributed by atoms with van der Waals surface area (Å²) in [7, 11) is -3.49. The van der Waals surface area contributed by atoms with Crippen LogP contribution >= 0.6 is 11.3 Å². The summed E-state index contributed by atoms with van der Waals surface area (Å²) in [5.74, 6) is 0.0675. The average molecular weight is 357 g/mol. The third kappa shape index (κ3) is 2.83. The lowest BCUT2D eigenvalue weighted by atomic mass is 9.99. The Balaban J connectivity index is 0.00000169. The zero-order chi connectivity index (χ0) is 16.0. The van der Waals surface area contributed by atoms with E-state index in [1.807, 2.05) is 0 Å². The number of aryl methyl sites for hydroxylation is 1. The summed E-state index contributed by atoms with van der Waals surface area (Å²) in [6.45, 7) is 1.20. The topological polar surface area (TPSA) is 66.5 Å². The minimum absolute atomic E-state index is 0. The van der Waals surface area contributed by atoms with Crippen molar-refractivity contribution < 1.29 is 14.6 Å². The van der Waals surface area contributed by atoms with Crippen molar-refractivity contribution in [3.63, 3.8) is 0 Å². The quantitative estimate of drug-likeness (QED) is 0.902. The Hall–Kier alpha value is -0.920. The Morgan fingerprint density at radius 2 is 1.83 bits per heavy atom. The number of amides is 1. The molecule has 0 bridgehead atoms. The van der Waals surface area contributed by atoms with E-state index < -0.39 is 10.0 Å². The summed E-state index contributed by atoms with van der Waals surface area (Å²) in [4.78, 5) is 13.7. The molecule has 0 aromatic carbocycles. The molecule has 4 rings (SSSR count). The van der Waals surface area contributed by atoms with Crippen molar-refractivity contribution in [2.45, 2.75) is 56.3 Å². The summed E-state index contributed by atoms with van der Waals surface area (Å²) in [6.07, 6.45) is 7.57. The van der Waals surface area contributed by atoms with E-state index in [-0.39, 0.29) is 13.3 Å². The van der Waals surface area contributed by atoms with Crippen LogP contribution in [0, 0.1) is 5.92 Å². The SMILES string of the molecule is O=C(Nc1sc2c(c1S(=O)(=O)N1CCCC1)CCCC2)C1CC1.[HH]. The second kappa shape index (κ2) is 5.86. The van der Waals surface area contributed by atoms with Gasteiger partial charge in [-0.1, -0.05) is 0 Å². The molecule has 3 aliphatic rings. The normalized spacial score (nSPS) is 22.1. The van der Waals surface area contributed by atoms with Crippen LogP contribution in [0.3, 0.4) is 0 Å². The minimum Gasteiger partial charge on any atom is -0.316 e. The molecule has 128 valence electrons. The molecular formula is C16H24N2O3S2. The molecule has 2 fully saturated rings. The van der Waals surface area contributed by atoms with Crippen LogP contribution < -0.4 is 5.32 Å². The van der Waals surface area contributed by atoms with Gasteiger partial charge in [-0.25, -0.2) is 8.42 Å². The molecule has 0 spiro atoms. The molecule has 1 amide bonds. The van der Waals surface area contributed by atoms with E-state index in [1.165, 1.54) is 11.3 Å². The number of hydrogen-bond donors (Lipinski definition) is 1. The van der Waals surface area contributed by atoms with Crippen molar-refractivity contribution in [1.82, 2.24) is 4.31 Å². The van der Waals surface area contributed by atoms with Gasteiger partial charge in [-0.05, 0) is 56.9 Å². The number of thiophene rings is 1. The molecule has 1 aromatic rings. The molecule has 7 heteroatoms. The lowest BCUT2D eigenvalue weighted by molar-refractivity contribution is -0.117. The second-order valence-electron chi connectivity index (χ2n) is 6.74. The highest BCUT2D eigenvalue weighted by Gasteiger charge is 2.37. The largest absolute Gasteiger partial charge is 0.316 e. The molecule has 2 heterocycles. The molecule has 0 unspecified atom stereocenters. The van der Waals surface area contributed by atoms with Gasteiger partial charge in [0, 0.05) is 25.3 Å². The standard InChI is InChI=1S/C16H22N2O3S2.H2/c19-15(11-7-8-11)17-16-14(12-5-1-2-6-13(12)22-16)23(20,21)18-9-3-4-10-18;/h11H,1-10H2,(H,17,19);1H. The first-order chi connectivity index (χ1) is 11.1. The molecule has 1 aromatic heterocycles. The third-order valence-corrected chi connectivity index (χ3v) is 8.32. The highest BCUT2D eigenvalue weighted by Crippen LogP contribution is 2.43. The predicted molar refractivity (Wildman–Crippen MR) is 92.4 cm³/mol. The number of hydrogen-bond acceptors (Lipinski definition) is 4. The predicted octanol–water partition coefficient (Wildman–Crippen LogP) is 3.01. The van der Waals surface area contributed by atoms with E-state index in [9.17, 15) is 13.2 Å². The number of nitrogens with one attached hydrogen (secondary N) is 1. The monoisotopic (exact) mass is 356 g/mol. The summed E-state index contributed by atoms with van der Waals surface area (Å²) in [6, 6.07) is 0. The molecule has 1 saturated heterocycles. The van der Waals surface area contributed by atoms with Crippen LogP contribution in [0.25, 0.3) is 0 Å². The van der Waals surface area contributed by atoms with Crippen LogP contribution in [0.5, 0.6) is 0 Å². The Bertz CT molecular complexity index is 735. The van der Waals surface area contributed by atoms with Crippen molar-refractivity contribution in [1.29, 1.82) is 0 Å². The van der Waals surface area contributed by atoms with Crippen LogP contribution in [0.4, 0.5) is 5.00 Å². The van der Waals surface area contributed by atoms with Crippen molar-refractivity contribution in [2.75, 3.05) is 18.4 Å². The zero-order valence-corrected chi connectivity index (χ0v) is 14.8. The highest BCUT2D eigenvalue weighted by atomic mass is 32.2. The van der Waals surface area contributed by atoms with Gasteiger partial charge in [0.1, 0.15) is 9.90 Å². The molecule has 0 radical (unpaired) electrons. The van der Waals surface area contributed by atoms with Gasteiger partial charge < -0.3 is 5.32 Å². The number of fused-ring (bicyclic) bond motifs is 1. The molecule has 0 atom stereocenters. The van der Waals surface area contributed by atoms with Gasteiger partial charge in [-0.2, -0.15) is 4.31 Å². The first-order valence-corrected chi connectivity index (χ1v) is 10.8. The van der Waals surface area contributed by atoms with Crippen LogP contribution in [0.2, 0.25) is 0 Å². The van der Waals surface area contributed by atoms with Gasteiger partial charge in [-0.3, -0.25) is 4.79 Å². The number of nitrogens with zero attached hydrogens (tertiary/aromatic N) is 1. The summed E-state index contributed by atoms with van der Waals surface area (Å²) < 4.78 is 27.9. The number of carbonyl (C=O) groups excluding carboxylic acids is 1. The van der Waals surface area contributed by atoms with Crippen molar-refractivity contribution >= 4 is 32.3 Å². The Labute approximate surface area is 142 Å². The van der Waals surface area contributed by atoms with Crippen LogP contribution in [0.1, 0.15) is 50.4 Å². The number of anilines is 1. The van der Waals surface area contributed by atoms with Gasteiger partial charge in [0.05, 0.1) is 0 Å². The average Bonchev–Trinajstić information content (AvgIpc) is 3.09. The Morgan fingerprint density at radius 3 is 2.52 bits per heavy atom. The molecule has 1 N–H and O–H groups in total. The van der Waals surface area contributed by atoms with Gasteiger partial charge >= 0.3 is 0 Å². The lowest BCUT2D eigenvalue weighted by Gasteiger charge is -2.19. The van der Waals surface area contributed by atoms with Crippen molar-refractivity contribution in [2.24, 2.45) is 5.92 Å². The van der Waals surface area contributed by atoms with Gasteiger partial charge in [0.2, 0.25) is 15.9 Å². The first-order valence-electron chi connectivity index (χ1n) is 8.53. The molecule has 2 aliphatic carbocycles. The third-order valence-electron chi connectivity index (χ3n) is 4.97. The lowest BCUT2D eigenvalue weighted by Crippen LogP contribution is -2.29. The summed E-state index contributed by atoms with van der Waals surface area (Å²) >= 11 is 1.48. The maximum Gasteiger partial charge on any atom is 0.246 e. The van der Waals surface area contributed by atoms with Crippen molar-refractivity contribution in [3.8, 4) is 0 Å². The van der Waals surface area contributed by atoms with Crippen LogP contribution in [-0.2, 0) is 27.7 Å². The molecular weight excluding hydrogens is 332 g/mol. The van der Waals surface area contributed by atoms with Crippen LogP contribution in [-0.4, -0.2) is 31.7 Å². The van der Waals surface area contributed by atoms with E-state index in [4.69, 9.17) is 0 Å². The Morgan fingerprint density at radius 1 is 1.13 bits per heavy atom. The minimum atomic E-state index is -3.49. The summed E-state index contributed by atoms with van der Waals surface area (Å²) in [5, 5.41) is 3.50. The fourth-order valence-electron chi connectivity index (χ4n) is 3.51. The van der Waals surface area contributed by atoms with Gasteiger partial charge in [0.15, 0.2) is 0 Å². The number of sulfonamides is 1. The zero-order valence-electron chi connectivity index (χ0n) is 13.1. The maximum atomic E-state index is 13.1. The van der Waals surface area contributed by atoms with Crippen molar-refractivity contribution in [3.05, 3.63) is 10.4 Å². The molecule has 1 aliphatic heterocycles. The fraction of sp³-hybridized carbons (Fsp3) is 0.688. The first kappa shape index (κ1) is 15.6. The van der Waals surface area contributed by atoms with E-state index in [1.54, 1.807) is 4.31 Å². The van der Waals surface area contributed by atoms with Crippen LogP contribution in [0.15, 0.2) is 4.90 Å². The highest BCUT2D eigenvalue weighted by molar-refractivity contribution is 7.89. The molecule has 1 saturated carbocycles. The fourth-order valence-corrected chi connectivity index (χ4v) is 7.02. The molecule has 23 heavy (non-hydrogen) atoms. The van der Waals surface area contributed by atoms with Gasteiger partial charge in [0.25, 0.3) is 0 Å². The maximum absolute atomic E-state index is 13.1. The Kier molecular flexibility index (Phi) is 3.98. The van der Waals surface area contributed by atoms with E-state index >= 15 is 0 Å². The number of rotatable bonds is 4. The van der Waals surface area contributed by atoms with E-state index in [2.05, 4.69) is 5.32 Å². The van der Waals surface area contributed by atoms with E-state index in [0.29, 0.717) is 23.0 Å². The molecule has 5 nitrogen and oxygen atoms in total. The van der Waals surface area contributed by atoms with Gasteiger partial charge in [-0.15, -0.1) is 11.3 Å². The number of carbonyl (C=O) groups is 1. The summed E-state index contributed by atoms with van der Waals surface area (Å²) in [5.41, 5.74) is 0.972.